The summed E-state index contributed by atoms with van der Waals surface area (Å²) in [5.41, 5.74) is 0. The first-order valence-corrected chi connectivity index (χ1v) is 6.96. The van der Waals surface area contributed by atoms with Gasteiger partial charge < -0.3 is 4.74 Å². The number of ether oxygens (including phenoxy) is 1. The van der Waals surface area contributed by atoms with Crippen molar-refractivity contribution < 1.29 is 9.53 Å². The highest BCUT2D eigenvalue weighted by Crippen LogP contribution is 2.26. The molecule has 0 heterocycles. The van der Waals surface area contributed by atoms with E-state index in [0.29, 0.717) is 18.3 Å². The molecule has 0 unspecified atom stereocenters. The third-order valence-electron chi connectivity index (χ3n) is 4.13. The number of hydrogen-bond acceptors (Lipinski definition) is 2. The van der Waals surface area contributed by atoms with E-state index in [4.69, 9.17) is 4.74 Å². The number of hydrogen-bond donors (Lipinski definition) is 0. The van der Waals surface area contributed by atoms with E-state index in [1.165, 1.54) is 44.9 Å². The highest BCUT2D eigenvalue weighted by Gasteiger charge is 2.21. The van der Waals surface area contributed by atoms with Gasteiger partial charge in [0.05, 0.1) is 0 Å². The van der Waals surface area contributed by atoms with Crippen LogP contribution in [0.2, 0.25) is 0 Å². The Morgan fingerprint density at radius 3 is 2.25 bits per heavy atom. The Labute approximate surface area is 98.7 Å². The largest absolute Gasteiger partial charge is 0.373 e. The Balaban J connectivity index is 1.59. The monoisotopic (exact) mass is 224 g/mol. The van der Waals surface area contributed by atoms with Gasteiger partial charge in [-0.05, 0) is 31.6 Å². The molecule has 92 valence electrons. The van der Waals surface area contributed by atoms with Crippen LogP contribution in [0.4, 0.5) is 0 Å². The van der Waals surface area contributed by atoms with Gasteiger partial charge in [-0.1, -0.05) is 32.1 Å². The average molecular weight is 224 g/mol. The van der Waals surface area contributed by atoms with Gasteiger partial charge in [0.2, 0.25) is 0 Å². The summed E-state index contributed by atoms with van der Waals surface area (Å²) < 4.78 is 5.58. The summed E-state index contributed by atoms with van der Waals surface area (Å²) in [4.78, 5) is 11.8. The van der Waals surface area contributed by atoms with Gasteiger partial charge in [-0.2, -0.15) is 0 Å². The van der Waals surface area contributed by atoms with Crippen LogP contribution >= 0.6 is 0 Å². The highest BCUT2D eigenvalue weighted by molar-refractivity contribution is 5.82. The first-order valence-electron chi connectivity index (χ1n) is 6.96. The summed E-state index contributed by atoms with van der Waals surface area (Å²) in [7, 11) is 0. The molecule has 0 spiro atoms. The molecule has 0 aromatic carbocycles. The zero-order valence-corrected chi connectivity index (χ0v) is 10.2. The third-order valence-corrected chi connectivity index (χ3v) is 4.13. The Hall–Kier alpha value is -0.370. The van der Waals surface area contributed by atoms with Crippen LogP contribution < -0.4 is 0 Å². The van der Waals surface area contributed by atoms with Gasteiger partial charge >= 0.3 is 0 Å². The molecule has 0 aromatic heterocycles. The lowest BCUT2D eigenvalue weighted by Gasteiger charge is -2.20. The minimum atomic E-state index is 0.317. The van der Waals surface area contributed by atoms with Gasteiger partial charge in [0.1, 0.15) is 6.61 Å². The molecule has 0 aliphatic heterocycles. The maximum atomic E-state index is 11.8. The lowest BCUT2D eigenvalue weighted by molar-refractivity contribution is -0.128. The van der Waals surface area contributed by atoms with E-state index in [1.807, 2.05) is 0 Å². The molecule has 2 heteroatoms. The van der Waals surface area contributed by atoms with Crippen molar-refractivity contribution >= 4 is 5.78 Å². The molecule has 2 rings (SSSR count). The fourth-order valence-corrected chi connectivity index (χ4v) is 3.05. The summed E-state index contributed by atoms with van der Waals surface area (Å²) in [5, 5.41) is 0. The van der Waals surface area contributed by atoms with Gasteiger partial charge in [0.15, 0.2) is 5.78 Å². The Bertz CT molecular complexity index is 213. The fourth-order valence-electron chi connectivity index (χ4n) is 3.05. The molecule has 2 aliphatic carbocycles. The summed E-state index contributed by atoms with van der Waals surface area (Å²) in [6.07, 6.45) is 11.3. The minimum absolute atomic E-state index is 0.317. The van der Waals surface area contributed by atoms with E-state index in [9.17, 15) is 4.79 Å². The first-order chi connectivity index (χ1) is 7.86. The van der Waals surface area contributed by atoms with E-state index in [0.717, 1.165) is 25.4 Å². The summed E-state index contributed by atoms with van der Waals surface area (Å²) in [6, 6.07) is 0. The van der Waals surface area contributed by atoms with E-state index in [-0.39, 0.29) is 0 Å². The zero-order valence-electron chi connectivity index (χ0n) is 10.2. The number of rotatable bonds is 5. The number of carbonyl (C=O) groups is 1. The second-order valence-electron chi connectivity index (χ2n) is 5.47. The van der Waals surface area contributed by atoms with Crippen molar-refractivity contribution in [3.63, 3.8) is 0 Å². The molecule has 0 aromatic rings. The Morgan fingerprint density at radius 2 is 1.56 bits per heavy atom. The van der Waals surface area contributed by atoms with Crippen molar-refractivity contribution in [1.29, 1.82) is 0 Å². The van der Waals surface area contributed by atoms with Crippen molar-refractivity contribution in [2.75, 3.05) is 13.2 Å². The van der Waals surface area contributed by atoms with Gasteiger partial charge in [-0.3, -0.25) is 4.79 Å². The lowest BCUT2D eigenvalue weighted by Crippen LogP contribution is -2.23. The van der Waals surface area contributed by atoms with Crippen LogP contribution in [0.5, 0.6) is 0 Å². The van der Waals surface area contributed by atoms with E-state index in [1.54, 1.807) is 0 Å². The molecule has 16 heavy (non-hydrogen) atoms. The number of Topliss-reactive ketones (excluding diaryl/α,β-unsaturated/α-hetero) is 1. The molecular formula is C14H24O2. The van der Waals surface area contributed by atoms with Crippen LogP contribution in [0.1, 0.15) is 57.8 Å². The topological polar surface area (TPSA) is 26.3 Å². The number of carbonyl (C=O) groups excluding carboxylic acids is 1. The van der Waals surface area contributed by atoms with E-state index < -0.39 is 0 Å². The van der Waals surface area contributed by atoms with Crippen molar-refractivity contribution in [2.24, 2.45) is 11.8 Å². The molecule has 2 nitrogen and oxygen atoms in total. The predicted molar refractivity (Wildman–Crippen MR) is 64.4 cm³/mol. The highest BCUT2D eigenvalue weighted by atomic mass is 16.5. The molecule has 0 amide bonds. The maximum absolute atomic E-state index is 11.8. The van der Waals surface area contributed by atoms with Crippen LogP contribution in [-0.2, 0) is 9.53 Å². The van der Waals surface area contributed by atoms with Gasteiger partial charge in [-0.25, -0.2) is 0 Å². The zero-order chi connectivity index (χ0) is 11.2. The van der Waals surface area contributed by atoms with E-state index >= 15 is 0 Å². The molecule has 2 aliphatic rings. The molecule has 2 saturated carbocycles. The quantitative estimate of drug-likeness (QED) is 0.716. The van der Waals surface area contributed by atoms with Crippen molar-refractivity contribution in [3.8, 4) is 0 Å². The van der Waals surface area contributed by atoms with Crippen molar-refractivity contribution in [1.82, 2.24) is 0 Å². The van der Waals surface area contributed by atoms with Crippen LogP contribution in [0, 0.1) is 11.8 Å². The summed E-state index contributed by atoms with van der Waals surface area (Å²) >= 11 is 0. The first kappa shape index (κ1) is 12.1. The molecule has 0 saturated heterocycles. The predicted octanol–water partition coefficient (Wildman–Crippen LogP) is 3.34. The molecule has 2 fully saturated rings. The lowest BCUT2D eigenvalue weighted by atomic mass is 9.86. The standard InChI is InChI=1S/C14H24O2/c15-14(13-8-2-1-3-9-13)11-16-10-12-6-4-5-7-12/h12-13H,1-11H2. The van der Waals surface area contributed by atoms with Crippen molar-refractivity contribution in [3.05, 3.63) is 0 Å². The van der Waals surface area contributed by atoms with Crippen LogP contribution in [0.3, 0.4) is 0 Å². The summed E-state index contributed by atoms with van der Waals surface area (Å²) in [5.74, 6) is 1.41. The van der Waals surface area contributed by atoms with Crippen LogP contribution in [-0.4, -0.2) is 19.0 Å². The molecule has 0 bridgehead atoms. The SMILES string of the molecule is O=C(COCC1CCCC1)C1CCCCC1. The minimum Gasteiger partial charge on any atom is -0.373 e. The van der Waals surface area contributed by atoms with Crippen molar-refractivity contribution in [2.45, 2.75) is 57.8 Å². The molecular weight excluding hydrogens is 200 g/mol. The second kappa shape index (κ2) is 6.39. The molecule has 0 radical (unpaired) electrons. The normalized spacial score (nSPS) is 23.8. The third kappa shape index (κ3) is 3.58. The van der Waals surface area contributed by atoms with Gasteiger partial charge in [0.25, 0.3) is 0 Å². The maximum Gasteiger partial charge on any atom is 0.161 e. The Kier molecular flexibility index (Phi) is 4.83. The summed E-state index contributed by atoms with van der Waals surface area (Å²) in [6.45, 7) is 1.19. The molecule has 0 atom stereocenters. The van der Waals surface area contributed by atoms with Crippen LogP contribution in [0.25, 0.3) is 0 Å². The fraction of sp³-hybridized carbons (Fsp3) is 0.929. The Morgan fingerprint density at radius 1 is 0.938 bits per heavy atom. The van der Waals surface area contributed by atoms with Gasteiger partial charge in [0, 0.05) is 12.5 Å². The molecule has 0 N–H and O–H groups in total. The van der Waals surface area contributed by atoms with Gasteiger partial charge in [-0.15, -0.1) is 0 Å². The smallest absolute Gasteiger partial charge is 0.161 e. The van der Waals surface area contributed by atoms with E-state index in [2.05, 4.69) is 0 Å². The average Bonchev–Trinajstić information content (AvgIpc) is 2.83. The second-order valence-corrected chi connectivity index (χ2v) is 5.47. The van der Waals surface area contributed by atoms with Crippen LogP contribution in [0.15, 0.2) is 0 Å². The number of ketones is 1.